The van der Waals surface area contributed by atoms with Crippen LogP contribution in [-0.2, 0) is 19.1 Å². The molecule has 2 N–H and O–H groups in total. The molecular formula is C29H43N3O5. The minimum atomic E-state index is -0.637. The fourth-order valence-corrected chi connectivity index (χ4v) is 6.39. The van der Waals surface area contributed by atoms with Crippen molar-refractivity contribution in [2.24, 2.45) is 11.7 Å². The SMILES string of the molecule is CCCN1CCC(c2ccc(C(N)=O)c([C@H](CC(C)C)C(=O)N3C[C@H](OCC)[C@H]4OCC(=O)[C@H]43)c2)CC1. The summed E-state index contributed by atoms with van der Waals surface area (Å²) in [5.74, 6) is -0.766. The lowest BCUT2D eigenvalue weighted by molar-refractivity contribution is -0.138. The van der Waals surface area contributed by atoms with Crippen LogP contribution in [0.1, 0.15) is 86.7 Å². The number of rotatable bonds is 10. The Kier molecular flexibility index (Phi) is 9.03. The van der Waals surface area contributed by atoms with E-state index in [9.17, 15) is 14.4 Å². The molecule has 3 fully saturated rings. The lowest BCUT2D eigenvalue weighted by Crippen LogP contribution is -2.44. The fourth-order valence-electron chi connectivity index (χ4n) is 6.39. The maximum absolute atomic E-state index is 14.2. The number of likely N-dealkylation sites (tertiary alicyclic amines) is 2. The normalized spacial score (nSPS) is 25.6. The summed E-state index contributed by atoms with van der Waals surface area (Å²) >= 11 is 0. The molecule has 0 aliphatic carbocycles. The van der Waals surface area contributed by atoms with E-state index < -0.39 is 24.0 Å². The number of carbonyl (C=O) groups is 3. The Labute approximate surface area is 220 Å². The fraction of sp³-hybridized carbons (Fsp3) is 0.690. The molecule has 4 atom stereocenters. The molecule has 3 heterocycles. The topological polar surface area (TPSA) is 102 Å². The van der Waals surface area contributed by atoms with E-state index in [1.54, 1.807) is 11.0 Å². The highest BCUT2D eigenvalue weighted by Crippen LogP contribution is 2.37. The van der Waals surface area contributed by atoms with E-state index in [-0.39, 0.29) is 30.3 Å². The van der Waals surface area contributed by atoms with Gasteiger partial charge in [-0.1, -0.05) is 32.9 Å². The standard InChI is InChI=1S/C29H43N3O5/c1-5-11-31-12-9-19(10-13-31)20-7-8-21(28(30)34)22(15-20)23(14-18(3)4)29(35)32-16-25(36-6-2)27-26(32)24(33)17-37-27/h7-8,15,18-19,23,25-27H,5-6,9-14,16-17H2,1-4H3,(H2,30,34)/t23-,25-,26+,27+/m0/s1. The van der Waals surface area contributed by atoms with Crippen LogP contribution in [0.5, 0.6) is 0 Å². The monoisotopic (exact) mass is 513 g/mol. The largest absolute Gasteiger partial charge is 0.374 e. The molecule has 0 bridgehead atoms. The smallest absolute Gasteiger partial charge is 0.249 e. The average Bonchev–Trinajstić information content (AvgIpc) is 3.43. The number of ether oxygens (including phenoxy) is 2. The summed E-state index contributed by atoms with van der Waals surface area (Å²) in [5.41, 5.74) is 8.05. The molecule has 3 aliphatic heterocycles. The number of Topliss-reactive ketones (excluding diaryl/α,β-unsaturated/α-hetero) is 1. The van der Waals surface area contributed by atoms with Crippen molar-refractivity contribution in [3.05, 3.63) is 34.9 Å². The van der Waals surface area contributed by atoms with Crippen LogP contribution in [0.4, 0.5) is 0 Å². The van der Waals surface area contributed by atoms with Crippen LogP contribution < -0.4 is 5.73 Å². The predicted molar refractivity (Wildman–Crippen MR) is 142 cm³/mol. The number of ketones is 1. The van der Waals surface area contributed by atoms with Gasteiger partial charge in [-0.25, -0.2) is 0 Å². The van der Waals surface area contributed by atoms with Crippen molar-refractivity contribution in [1.82, 2.24) is 9.80 Å². The number of nitrogens with zero attached hydrogens (tertiary/aromatic N) is 2. The second-order valence-electron chi connectivity index (χ2n) is 11.2. The van der Waals surface area contributed by atoms with Crippen LogP contribution in [0, 0.1) is 5.92 Å². The zero-order valence-corrected chi connectivity index (χ0v) is 22.8. The number of fused-ring (bicyclic) bond motifs is 1. The quantitative estimate of drug-likeness (QED) is 0.516. The van der Waals surface area contributed by atoms with Gasteiger partial charge < -0.3 is 25.0 Å². The third-order valence-corrected chi connectivity index (χ3v) is 8.12. The molecule has 0 spiro atoms. The lowest BCUT2D eigenvalue weighted by Gasteiger charge is -2.33. The zero-order valence-electron chi connectivity index (χ0n) is 22.8. The van der Waals surface area contributed by atoms with Crippen LogP contribution in [0.15, 0.2) is 18.2 Å². The first-order chi connectivity index (χ1) is 17.7. The number of hydrogen-bond donors (Lipinski definition) is 1. The Balaban J connectivity index is 1.66. The average molecular weight is 514 g/mol. The molecule has 0 aromatic heterocycles. The van der Waals surface area contributed by atoms with Crippen molar-refractivity contribution in [3.63, 3.8) is 0 Å². The Morgan fingerprint density at radius 2 is 1.92 bits per heavy atom. The highest BCUT2D eigenvalue weighted by atomic mass is 16.6. The number of piperidine rings is 1. The van der Waals surface area contributed by atoms with E-state index in [4.69, 9.17) is 15.2 Å². The number of amides is 2. The Hall–Kier alpha value is -2.29. The predicted octanol–water partition coefficient (Wildman–Crippen LogP) is 3.09. The van der Waals surface area contributed by atoms with E-state index in [0.29, 0.717) is 36.6 Å². The summed E-state index contributed by atoms with van der Waals surface area (Å²) in [6.45, 7) is 12.2. The lowest BCUT2D eigenvalue weighted by atomic mass is 9.81. The number of carbonyl (C=O) groups excluding carboxylic acids is 3. The second-order valence-corrected chi connectivity index (χ2v) is 11.2. The van der Waals surface area contributed by atoms with Crippen molar-refractivity contribution in [2.45, 2.75) is 83.5 Å². The molecule has 4 rings (SSSR count). The van der Waals surface area contributed by atoms with Crippen molar-refractivity contribution in [3.8, 4) is 0 Å². The highest BCUT2D eigenvalue weighted by molar-refractivity contribution is 5.99. The van der Waals surface area contributed by atoms with Crippen LogP contribution in [0.3, 0.4) is 0 Å². The molecule has 3 aliphatic rings. The number of hydrogen-bond acceptors (Lipinski definition) is 6. The molecule has 37 heavy (non-hydrogen) atoms. The van der Waals surface area contributed by atoms with Gasteiger partial charge in [0.15, 0.2) is 5.78 Å². The molecule has 2 amide bonds. The summed E-state index contributed by atoms with van der Waals surface area (Å²) in [6, 6.07) is 5.21. The van der Waals surface area contributed by atoms with Crippen LogP contribution in [0.2, 0.25) is 0 Å². The van der Waals surface area contributed by atoms with E-state index in [2.05, 4.69) is 25.7 Å². The van der Waals surface area contributed by atoms with Gasteiger partial charge in [-0.2, -0.15) is 0 Å². The maximum Gasteiger partial charge on any atom is 0.249 e. The summed E-state index contributed by atoms with van der Waals surface area (Å²) in [7, 11) is 0. The minimum absolute atomic E-state index is 0.00369. The molecule has 8 nitrogen and oxygen atoms in total. The van der Waals surface area contributed by atoms with E-state index in [0.717, 1.165) is 44.5 Å². The molecule has 1 aromatic rings. The molecule has 8 heteroatoms. The van der Waals surface area contributed by atoms with E-state index >= 15 is 0 Å². The highest BCUT2D eigenvalue weighted by Gasteiger charge is 2.53. The molecule has 0 radical (unpaired) electrons. The van der Waals surface area contributed by atoms with Crippen LogP contribution in [0.25, 0.3) is 0 Å². The Morgan fingerprint density at radius 3 is 2.54 bits per heavy atom. The Bertz CT molecular complexity index is 988. The summed E-state index contributed by atoms with van der Waals surface area (Å²) in [5, 5.41) is 0. The molecule has 1 aromatic carbocycles. The van der Waals surface area contributed by atoms with Crippen molar-refractivity contribution in [1.29, 1.82) is 0 Å². The molecule has 0 unspecified atom stereocenters. The van der Waals surface area contributed by atoms with E-state index in [1.165, 1.54) is 0 Å². The summed E-state index contributed by atoms with van der Waals surface area (Å²) in [4.78, 5) is 43.6. The van der Waals surface area contributed by atoms with Crippen LogP contribution >= 0.6 is 0 Å². The van der Waals surface area contributed by atoms with Crippen LogP contribution in [-0.4, -0.2) is 85.0 Å². The van der Waals surface area contributed by atoms with Gasteiger partial charge in [0.1, 0.15) is 24.9 Å². The van der Waals surface area contributed by atoms with Crippen molar-refractivity contribution < 1.29 is 23.9 Å². The number of nitrogens with two attached hydrogens (primary N) is 1. The molecular weight excluding hydrogens is 470 g/mol. The van der Waals surface area contributed by atoms with Gasteiger partial charge in [0.25, 0.3) is 0 Å². The second kappa shape index (κ2) is 12.0. The molecule has 204 valence electrons. The van der Waals surface area contributed by atoms with E-state index in [1.807, 2.05) is 19.1 Å². The minimum Gasteiger partial charge on any atom is -0.374 e. The zero-order chi connectivity index (χ0) is 26.7. The Morgan fingerprint density at radius 1 is 1.19 bits per heavy atom. The van der Waals surface area contributed by atoms with Gasteiger partial charge in [0.05, 0.1) is 12.5 Å². The first kappa shape index (κ1) is 27.7. The summed E-state index contributed by atoms with van der Waals surface area (Å²) in [6.07, 6.45) is 3.04. The van der Waals surface area contributed by atoms with Gasteiger partial charge in [-0.3, -0.25) is 14.4 Å². The third kappa shape index (κ3) is 5.91. The molecule has 3 saturated heterocycles. The van der Waals surface area contributed by atoms with Gasteiger partial charge in [-0.15, -0.1) is 0 Å². The van der Waals surface area contributed by atoms with Gasteiger partial charge in [-0.05, 0) is 81.3 Å². The summed E-state index contributed by atoms with van der Waals surface area (Å²) < 4.78 is 11.6. The van der Waals surface area contributed by atoms with Crippen molar-refractivity contribution >= 4 is 17.6 Å². The van der Waals surface area contributed by atoms with Gasteiger partial charge >= 0.3 is 0 Å². The number of benzene rings is 1. The van der Waals surface area contributed by atoms with Crippen molar-refractivity contribution in [2.75, 3.05) is 39.4 Å². The third-order valence-electron chi connectivity index (χ3n) is 8.12. The first-order valence-electron chi connectivity index (χ1n) is 14.0. The van der Waals surface area contributed by atoms with Gasteiger partial charge in [0, 0.05) is 12.2 Å². The maximum atomic E-state index is 14.2. The first-order valence-corrected chi connectivity index (χ1v) is 14.0. The van der Waals surface area contributed by atoms with Gasteiger partial charge in [0.2, 0.25) is 11.8 Å². The molecule has 0 saturated carbocycles. The number of primary amides is 1.